The number of hydrogen-bond acceptors (Lipinski definition) is 5. The molecule has 0 aliphatic carbocycles. The highest BCUT2D eigenvalue weighted by Gasteiger charge is 2.36. The Morgan fingerprint density at radius 3 is 2.61 bits per heavy atom. The van der Waals surface area contributed by atoms with Crippen LogP contribution in [0.1, 0.15) is 28.8 Å². The minimum absolute atomic E-state index is 0.0211. The second-order valence-electron chi connectivity index (χ2n) is 7.69. The molecule has 1 amide bonds. The molecule has 1 aromatic carbocycles. The molecule has 3 aliphatic heterocycles. The monoisotopic (exact) mass is 381 g/mol. The number of amides is 1. The van der Waals surface area contributed by atoms with Crippen molar-refractivity contribution in [1.82, 2.24) is 14.8 Å². The number of aromatic nitrogens is 1. The van der Waals surface area contributed by atoms with Gasteiger partial charge >= 0.3 is 0 Å². The molecule has 28 heavy (non-hydrogen) atoms. The Morgan fingerprint density at radius 1 is 1.07 bits per heavy atom. The van der Waals surface area contributed by atoms with Gasteiger partial charge in [-0.2, -0.15) is 0 Å². The number of pyridine rings is 1. The van der Waals surface area contributed by atoms with Gasteiger partial charge in [0.05, 0.1) is 6.61 Å². The fourth-order valence-corrected chi connectivity index (χ4v) is 4.30. The highest BCUT2D eigenvalue weighted by atomic mass is 16.5. The summed E-state index contributed by atoms with van der Waals surface area (Å²) in [6.45, 7) is 3.88. The Balaban J connectivity index is 1.41. The number of piperidine rings is 1. The largest absolute Gasteiger partial charge is 0.491 e. The zero-order chi connectivity index (χ0) is 19.3. The van der Waals surface area contributed by atoms with Crippen LogP contribution < -0.4 is 4.74 Å². The molecule has 0 saturated carbocycles. The van der Waals surface area contributed by atoms with Crippen LogP contribution in [0.5, 0.6) is 5.75 Å². The minimum Gasteiger partial charge on any atom is -0.491 e. The molecule has 6 nitrogen and oxygen atoms in total. The van der Waals surface area contributed by atoms with E-state index < -0.39 is 0 Å². The summed E-state index contributed by atoms with van der Waals surface area (Å²) in [5, 5.41) is 8.86. The zero-order valence-electron chi connectivity index (χ0n) is 16.0. The van der Waals surface area contributed by atoms with Crippen LogP contribution in [0.4, 0.5) is 0 Å². The van der Waals surface area contributed by atoms with E-state index in [1.807, 2.05) is 17.0 Å². The lowest BCUT2D eigenvalue weighted by atomic mass is 9.94. The van der Waals surface area contributed by atoms with Crippen molar-refractivity contribution in [2.75, 3.05) is 32.8 Å². The number of carbonyl (C=O) groups excluding carboxylic acids is 1. The highest BCUT2D eigenvalue weighted by molar-refractivity contribution is 5.94. The predicted molar refractivity (Wildman–Crippen MR) is 106 cm³/mol. The van der Waals surface area contributed by atoms with E-state index in [4.69, 9.17) is 9.84 Å². The van der Waals surface area contributed by atoms with E-state index in [1.54, 1.807) is 24.5 Å². The number of fused-ring (bicyclic) bond motifs is 4. The fraction of sp³-hybridized carbons (Fsp3) is 0.455. The maximum absolute atomic E-state index is 12.9. The first kappa shape index (κ1) is 18.9. The number of aliphatic hydroxyl groups excluding tert-OH is 1. The van der Waals surface area contributed by atoms with E-state index >= 15 is 0 Å². The number of ether oxygens (including phenoxy) is 1. The van der Waals surface area contributed by atoms with Crippen LogP contribution in [0.2, 0.25) is 0 Å². The molecule has 0 radical (unpaired) electrons. The van der Waals surface area contributed by atoms with Crippen molar-refractivity contribution in [3.8, 4) is 5.75 Å². The number of nitrogens with zero attached hydrogens (tertiary/aromatic N) is 3. The molecular weight excluding hydrogens is 354 g/mol. The van der Waals surface area contributed by atoms with E-state index in [-0.39, 0.29) is 12.5 Å². The van der Waals surface area contributed by atoms with Crippen molar-refractivity contribution in [2.45, 2.75) is 25.4 Å². The van der Waals surface area contributed by atoms with Crippen molar-refractivity contribution in [3.05, 3.63) is 59.9 Å². The third-order valence-corrected chi connectivity index (χ3v) is 5.71. The van der Waals surface area contributed by atoms with Crippen LogP contribution in [0.25, 0.3) is 0 Å². The second-order valence-corrected chi connectivity index (χ2v) is 7.69. The topological polar surface area (TPSA) is 65.9 Å². The first-order valence-electron chi connectivity index (χ1n) is 9.99. The molecule has 4 heterocycles. The van der Waals surface area contributed by atoms with Gasteiger partial charge in [-0.25, -0.2) is 0 Å². The lowest BCUT2D eigenvalue weighted by Gasteiger charge is -2.36. The van der Waals surface area contributed by atoms with E-state index in [1.165, 1.54) is 12.0 Å². The Kier molecular flexibility index (Phi) is 5.88. The minimum atomic E-state index is 0.0211. The Bertz CT molecular complexity index is 781. The summed E-state index contributed by atoms with van der Waals surface area (Å²) in [7, 11) is 0. The normalized spacial score (nSPS) is 22.1. The van der Waals surface area contributed by atoms with Crippen LogP contribution in [-0.4, -0.2) is 64.7 Å². The molecule has 1 N–H and O–H groups in total. The van der Waals surface area contributed by atoms with Gasteiger partial charge in [-0.15, -0.1) is 0 Å². The summed E-state index contributed by atoms with van der Waals surface area (Å²) in [4.78, 5) is 21.5. The SMILES string of the molecule is O=C(c1ccncc1)N1C[C@@H]2CC[C@H](C1)N(Cc1ccc(OCCO)cc1)C2. The Hall–Kier alpha value is -2.44. The van der Waals surface area contributed by atoms with Gasteiger partial charge in [0.1, 0.15) is 12.4 Å². The van der Waals surface area contributed by atoms with Gasteiger partial charge in [-0.1, -0.05) is 12.1 Å². The summed E-state index contributed by atoms with van der Waals surface area (Å²) >= 11 is 0. The first-order valence-corrected chi connectivity index (χ1v) is 9.99. The van der Waals surface area contributed by atoms with Gasteiger partial charge in [-0.3, -0.25) is 14.7 Å². The first-order chi connectivity index (χ1) is 13.7. The Morgan fingerprint density at radius 2 is 1.86 bits per heavy atom. The van der Waals surface area contributed by atoms with Gasteiger partial charge in [0.15, 0.2) is 0 Å². The van der Waals surface area contributed by atoms with Gasteiger partial charge < -0.3 is 14.7 Å². The van der Waals surface area contributed by atoms with Gasteiger partial charge in [0.2, 0.25) is 0 Å². The summed E-state index contributed by atoms with van der Waals surface area (Å²) in [6, 6.07) is 12.1. The number of aliphatic hydroxyl groups is 1. The maximum Gasteiger partial charge on any atom is 0.254 e. The van der Waals surface area contributed by atoms with Gasteiger partial charge in [0.25, 0.3) is 5.91 Å². The van der Waals surface area contributed by atoms with Crippen LogP contribution in [-0.2, 0) is 6.54 Å². The Labute approximate surface area is 165 Å². The number of hydrogen-bond donors (Lipinski definition) is 1. The van der Waals surface area contributed by atoms with Crippen molar-refractivity contribution in [2.24, 2.45) is 5.92 Å². The number of carbonyl (C=O) groups is 1. The standard InChI is InChI=1S/C22H27N3O3/c26-11-12-28-21-5-2-17(3-6-21)13-24-14-18-1-4-20(24)16-25(15-18)22(27)19-7-9-23-10-8-19/h2-3,5-10,18,20,26H,1,4,11-16H2/t18-,20-/m1/s1. The lowest BCUT2D eigenvalue weighted by Crippen LogP contribution is -2.43. The average Bonchev–Trinajstić information content (AvgIpc) is 3.05. The van der Waals surface area contributed by atoms with Gasteiger partial charge in [0, 0.05) is 50.2 Å². The molecule has 1 aromatic heterocycles. The third kappa shape index (κ3) is 4.34. The molecule has 3 aliphatic rings. The number of benzene rings is 1. The number of rotatable bonds is 6. The van der Waals surface area contributed by atoms with E-state index in [9.17, 15) is 4.79 Å². The molecular formula is C22H27N3O3. The molecule has 3 saturated heterocycles. The molecule has 3 fully saturated rings. The van der Waals surface area contributed by atoms with Crippen LogP contribution >= 0.6 is 0 Å². The highest BCUT2D eigenvalue weighted by Crippen LogP contribution is 2.30. The summed E-state index contributed by atoms with van der Waals surface area (Å²) < 4.78 is 5.44. The molecule has 5 rings (SSSR count). The van der Waals surface area contributed by atoms with Crippen LogP contribution in [0.3, 0.4) is 0 Å². The predicted octanol–water partition coefficient (Wildman–Crippen LogP) is 2.19. The third-order valence-electron chi connectivity index (χ3n) is 5.71. The van der Waals surface area contributed by atoms with Crippen LogP contribution in [0, 0.1) is 5.92 Å². The van der Waals surface area contributed by atoms with E-state index in [0.29, 0.717) is 18.6 Å². The van der Waals surface area contributed by atoms with Crippen molar-refractivity contribution < 1.29 is 14.6 Å². The molecule has 0 spiro atoms. The second kappa shape index (κ2) is 8.71. The molecule has 2 aromatic rings. The molecule has 6 heteroatoms. The molecule has 148 valence electrons. The smallest absolute Gasteiger partial charge is 0.254 e. The van der Waals surface area contributed by atoms with Crippen molar-refractivity contribution >= 4 is 5.91 Å². The average molecular weight is 381 g/mol. The fourth-order valence-electron chi connectivity index (χ4n) is 4.30. The molecule has 2 atom stereocenters. The molecule has 2 bridgehead atoms. The lowest BCUT2D eigenvalue weighted by molar-refractivity contribution is 0.0736. The van der Waals surface area contributed by atoms with E-state index in [2.05, 4.69) is 22.0 Å². The van der Waals surface area contributed by atoms with Gasteiger partial charge in [-0.05, 0) is 48.6 Å². The van der Waals surface area contributed by atoms with E-state index in [0.717, 1.165) is 43.9 Å². The van der Waals surface area contributed by atoms with Crippen LogP contribution in [0.15, 0.2) is 48.8 Å². The summed E-state index contributed by atoms with van der Waals surface area (Å²) in [5.41, 5.74) is 1.97. The van der Waals surface area contributed by atoms with Crippen molar-refractivity contribution in [3.63, 3.8) is 0 Å². The maximum atomic E-state index is 12.9. The summed E-state index contributed by atoms with van der Waals surface area (Å²) in [5.74, 6) is 1.42. The van der Waals surface area contributed by atoms with Crippen molar-refractivity contribution in [1.29, 1.82) is 0 Å². The quantitative estimate of drug-likeness (QED) is 0.831. The zero-order valence-corrected chi connectivity index (χ0v) is 16.0. The molecule has 0 unspecified atom stereocenters. The summed E-state index contributed by atoms with van der Waals surface area (Å²) in [6.07, 6.45) is 5.69.